The van der Waals surface area contributed by atoms with Gasteiger partial charge in [0.25, 0.3) is 0 Å². The Kier molecular flexibility index (Phi) is 15.1. The molecule has 2 aromatic carbocycles. The van der Waals surface area contributed by atoms with Crippen LogP contribution in [-0.2, 0) is 11.2 Å². The highest BCUT2D eigenvalue weighted by atomic mass is 16.5. The lowest BCUT2D eigenvalue weighted by Gasteiger charge is -2.03. The molecule has 0 saturated heterocycles. The molecule has 0 bridgehead atoms. The summed E-state index contributed by atoms with van der Waals surface area (Å²) in [6.45, 7) is 4.45. The molecule has 0 amide bonds. The second-order valence-electron chi connectivity index (χ2n) is 9.55. The molecular weight excluding hydrogens is 448 g/mol. The second-order valence-corrected chi connectivity index (χ2v) is 9.55. The lowest BCUT2D eigenvalue weighted by atomic mass is 10.1. The minimum absolute atomic E-state index is 0.0322. The first-order valence-corrected chi connectivity index (χ1v) is 14.0. The highest BCUT2D eigenvalue weighted by molar-refractivity contribution is 5.72. The highest BCUT2D eigenvalue weighted by Crippen LogP contribution is 2.20. The Labute approximate surface area is 217 Å². The molecule has 196 valence electrons. The molecule has 0 aliphatic rings. The van der Waals surface area contributed by atoms with Crippen LogP contribution in [0.15, 0.2) is 63.6 Å². The van der Waals surface area contributed by atoms with Crippen molar-refractivity contribution >= 4 is 17.3 Å². The van der Waals surface area contributed by atoms with E-state index in [1.807, 2.05) is 12.1 Å². The van der Waals surface area contributed by atoms with Crippen molar-refractivity contribution in [2.75, 3.05) is 0 Å². The van der Waals surface area contributed by atoms with Crippen LogP contribution in [0.25, 0.3) is 0 Å². The van der Waals surface area contributed by atoms with Gasteiger partial charge in [-0.15, -0.1) is 0 Å². The molecule has 0 N–H and O–H groups in total. The van der Waals surface area contributed by atoms with E-state index in [0.717, 1.165) is 31.4 Å². The Balaban J connectivity index is 1.77. The van der Waals surface area contributed by atoms with E-state index in [1.165, 1.54) is 81.9 Å². The zero-order valence-corrected chi connectivity index (χ0v) is 22.3. The average molecular weight is 493 g/mol. The van der Waals surface area contributed by atoms with Gasteiger partial charge in [0, 0.05) is 6.42 Å². The molecule has 2 aromatic rings. The SMILES string of the molecule is CCCCCCCCCCCC(=O)Oc1ccc(N=Nc2ccc(CCCCCC)cc2)ccc1=O. The maximum absolute atomic E-state index is 12.3. The van der Waals surface area contributed by atoms with Crippen LogP contribution >= 0.6 is 0 Å². The summed E-state index contributed by atoms with van der Waals surface area (Å²) in [7, 11) is 0. The van der Waals surface area contributed by atoms with Crippen LogP contribution in [0.3, 0.4) is 0 Å². The van der Waals surface area contributed by atoms with Gasteiger partial charge in [0.15, 0.2) is 5.75 Å². The topological polar surface area (TPSA) is 68.1 Å². The number of hydrogen-bond acceptors (Lipinski definition) is 5. The van der Waals surface area contributed by atoms with E-state index in [1.54, 1.807) is 12.1 Å². The van der Waals surface area contributed by atoms with Crippen molar-refractivity contribution in [1.82, 2.24) is 0 Å². The van der Waals surface area contributed by atoms with Crippen molar-refractivity contribution in [3.63, 3.8) is 0 Å². The van der Waals surface area contributed by atoms with Crippen molar-refractivity contribution in [2.45, 2.75) is 110 Å². The first-order valence-electron chi connectivity index (χ1n) is 14.0. The fourth-order valence-corrected chi connectivity index (χ4v) is 4.05. The van der Waals surface area contributed by atoms with E-state index in [-0.39, 0.29) is 17.1 Å². The summed E-state index contributed by atoms with van der Waals surface area (Å²) in [5.74, 6) is -0.330. The van der Waals surface area contributed by atoms with Gasteiger partial charge in [0.2, 0.25) is 5.43 Å². The fraction of sp³-hybridized carbons (Fsp3) is 0.548. The molecule has 0 unspecified atom stereocenters. The predicted molar refractivity (Wildman–Crippen MR) is 149 cm³/mol. The summed E-state index contributed by atoms with van der Waals surface area (Å²) in [6.07, 6.45) is 17.1. The number of aryl methyl sites for hydroxylation is 1. The van der Waals surface area contributed by atoms with Crippen LogP contribution in [-0.4, -0.2) is 5.97 Å². The molecule has 5 heteroatoms. The molecule has 5 nitrogen and oxygen atoms in total. The van der Waals surface area contributed by atoms with Gasteiger partial charge >= 0.3 is 5.97 Å². The van der Waals surface area contributed by atoms with E-state index in [4.69, 9.17) is 4.74 Å². The standard InChI is InChI=1S/C31H44N2O3/c1-3-5-7-9-10-11-12-13-15-17-31(35)36-30-25-23-28(22-24-29(30)34)33-32-27-20-18-26(19-21-27)16-14-8-6-4-2/h18-25H,3-17H2,1-2H3. The molecule has 0 aliphatic heterocycles. The molecule has 0 radical (unpaired) electrons. The van der Waals surface area contributed by atoms with Gasteiger partial charge in [-0.05, 0) is 61.2 Å². The largest absolute Gasteiger partial charge is 0.422 e. The van der Waals surface area contributed by atoms with Crippen molar-refractivity contribution in [1.29, 1.82) is 0 Å². The van der Waals surface area contributed by atoms with Gasteiger partial charge in [0.05, 0.1) is 11.4 Å². The van der Waals surface area contributed by atoms with Crippen LogP contribution in [0.5, 0.6) is 5.75 Å². The van der Waals surface area contributed by atoms with Crippen LogP contribution < -0.4 is 10.2 Å². The molecule has 36 heavy (non-hydrogen) atoms. The average Bonchev–Trinajstić information content (AvgIpc) is 3.06. The van der Waals surface area contributed by atoms with Gasteiger partial charge in [-0.25, -0.2) is 0 Å². The normalized spacial score (nSPS) is 11.2. The van der Waals surface area contributed by atoms with Gasteiger partial charge in [-0.1, -0.05) is 96.6 Å². The number of azo groups is 1. The minimum Gasteiger partial charge on any atom is -0.422 e. The Hall–Kier alpha value is -2.82. The maximum Gasteiger partial charge on any atom is 0.311 e. The smallest absolute Gasteiger partial charge is 0.311 e. The van der Waals surface area contributed by atoms with E-state index in [2.05, 4.69) is 36.2 Å². The number of esters is 1. The van der Waals surface area contributed by atoms with Crippen LogP contribution in [0.2, 0.25) is 0 Å². The Morgan fingerprint density at radius 2 is 1.14 bits per heavy atom. The number of rotatable bonds is 18. The lowest BCUT2D eigenvalue weighted by molar-refractivity contribution is -0.134. The number of unbranched alkanes of at least 4 members (excludes halogenated alkanes) is 11. The van der Waals surface area contributed by atoms with Crippen LogP contribution in [0.4, 0.5) is 11.4 Å². The summed E-state index contributed by atoms with van der Waals surface area (Å²) in [5.41, 5.74) is 2.25. The van der Waals surface area contributed by atoms with Crippen LogP contribution in [0.1, 0.15) is 109 Å². The number of hydrogen-bond donors (Lipinski definition) is 0. The van der Waals surface area contributed by atoms with E-state index in [0.29, 0.717) is 12.1 Å². The summed E-state index contributed by atoms with van der Waals surface area (Å²) in [5, 5.41) is 8.52. The Morgan fingerprint density at radius 1 is 0.639 bits per heavy atom. The lowest BCUT2D eigenvalue weighted by Crippen LogP contribution is -2.12. The molecule has 0 atom stereocenters. The number of carbonyl (C=O) groups excluding carboxylic acids is 1. The molecule has 0 aliphatic carbocycles. The zero-order chi connectivity index (χ0) is 25.8. The number of nitrogens with zero attached hydrogens (tertiary/aromatic N) is 2. The third kappa shape index (κ3) is 12.8. The maximum atomic E-state index is 12.3. The third-order valence-electron chi connectivity index (χ3n) is 6.30. The van der Waals surface area contributed by atoms with Gasteiger partial charge < -0.3 is 4.74 Å². The van der Waals surface area contributed by atoms with Crippen LogP contribution in [0, 0.1) is 0 Å². The molecule has 2 rings (SSSR count). The number of benzene rings is 1. The summed E-state index contributed by atoms with van der Waals surface area (Å²) in [6, 6.07) is 14.2. The number of carbonyl (C=O) groups is 1. The summed E-state index contributed by atoms with van der Waals surface area (Å²) in [4.78, 5) is 24.5. The first kappa shape index (κ1) is 29.4. The second kappa shape index (κ2) is 18.4. The molecule has 0 spiro atoms. The van der Waals surface area contributed by atoms with Crippen molar-refractivity contribution < 1.29 is 9.53 Å². The highest BCUT2D eigenvalue weighted by Gasteiger charge is 2.07. The fourth-order valence-electron chi connectivity index (χ4n) is 4.05. The molecule has 0 heterocycles. The molecule has 0 saturated carbocycles. The Morgan fingerprint density at radius 3 is 1.75 bits per heavy atom. The predicted octanol–water partition coefficient (Wildman–Crippen LogP) is 9.41. The van der Waals surface area contributed by atoms with E-state index < -0.39 is 0 Å². The number of ether oxygens (including phenoxy) is 1. The summed E-state index contributed by atoms with van der Waals surface area (Å²) < 4.78 is 5.33. The third-order valence-corrected chi connectivity index (χ3v) is 6.30. The van der Waals surface area contributed by atoms with Gasteiger partial charge in [-0.3, -0.25) is 9.59 Å². The molecule has 0 aromatic heterocycles. The minimum atomic E-state index is -0.362. The first-order chi connectivity index (χ1) is 17.6. The summed E-state index contributed by atoms with van der Waals surface area (Å²) >= 11 is 0. The van der Waals surface area contributed by atoms with E-state index in [9.17, 15) is 9.59 Å². The van der Waals surface area contributed by atoms with Crippen molar-refractivity contribution in [3.05, 3.63) is 64.3 Å². The zero-order valence-electron chi connectivity index (χ0n) is 22.3. The quantitative estimate of drug-likeness (QED) is 0.118. The monoisotopic (exact) mass is 492 g/mol. The van der Waals surface area contributed by atoms with Crippen molar-refractivity contribution in [2.24, 2.45) is 10.2 Å². The van der Waals surface area contributed by atoms with E-state index >= 15 is 0 Å². The Bertz CT molecular complexity index is 970. The van der Waals surface area contributed by atoms with Gasteiger partial charge in [0.1, 0.15) is 0 Å². The molecular formula is C31H44N2O3. The molecule has 0 fully saturated rings. The van der Waals surface area contributed by atoms with Gasteiger partial charge in [-0.2, -0.15) is 10.2 Å². The van der Waals surface area contributed by atoms with Crippen molar-refractivity contribution in [3.8, 4) is 5.75 Å².